The summed E-state index contributed by atoms with van der Waals surface area (Å²) in [5, 5.41) is 10.6. The molecule has 0 aliphatic heterocycles. The van der Waals surface area contributed by atoms with Crippen LogP contribution in [0.5, 0.6) is 0 Å². The summed E-state index contributed by atoms with van der Waals surface area (Å²) in [5.41, 5.74) is 9.27. The van der Waals surface area contributed by atoms with Gasteiger partial charge in [-0.1, -0.05) is 6.07 Å². The molecule has 0 spiro atoms. The van der Waals surface area contributed by atoms with Crippen LogP contribution < -0.4 is 5.73 Å². The maximum atomic E-state index is 11.2. The Hall–Kier alpha value is -1.95. The molecule has 3 N–H and O–H groups in total. The first-order valence-corrected chi connectivity index (χ1v) is 5.25. The van der Waals surface area contributed by atoms with E-state index in [1.807, 2.05) is 19.1 Å². The summed E-state index contributed by atoms with van der Waals surface area (Å²) in [6.45, 7) is 1.94. The highest BCUT2D eigenvalue weighted by atomic mass is 16.5. The van der Waals surface area contributed by atoms with Crippen molar-refractivity contribution in [3.8, 4) is 0 Å². The van der Waals surface area contributed by atoms with Crippen molar-refractivity contribution in [2.45, 2.75) is 19.4 Å². The lowest BCUT2D eigenvalue weighted by atomic mass is 10.0. The van der Waals surface area contributed by atoms with E-state index < -0.39 is 12.0 Å². The van der Waals surface area contributed by atoms with E-state index in [9.17, 15) is 4.79 Å². The number of methoxy groups -OCH3 is 1. The number of carbonyl (C=O) groups is 1. The number of nitrogens with one attached hydrogen (secondary N) is 1. The van der Waals surface area contributed by atoms with Crippen molar-refractivity contribution in [2.24, 2.45) is 5.73 Å². The van der Waals surface area contributed by atoms with E-state index in [1.165, 1.54) is 7.11 Å². The number of fused-ring (bicyclic) bond motifs is 1. The van der Waals surface area contributed by atoms with Gasteiger partial charge in [0.05, 0.1) is 7.11 Å². The minimum absolute atomic E-state index is 0.414. The molecule has 6 heteroatoms. The quantitative estimate of drug-likeness (QED) is 0.745. The minimum Gasteiger partial charge on any atom is -0.468 e. The third kappa shape index (κ3) is 2.26. The third-order valence-electron chi connectivity index (χ3n) is 2.63. The summed E-state index contributed by atoms with van der Waals surface area (Å²) in [5.74, 6) is -0.414. The minimum atomic E-state index is -0.649. The molecular weight excluding hydrogens is 220 g/mol. The topological polar surface area (TPSA) is 93.9 Å². The Morgan fingerprint density at radius 2 is 2.29 bits per heavy atom. The fourth-order valence-electron chi connectivity index (χ4n) is 1.80. The molecule has 1 atom stereocenters. The lowest BCUT2D eigenvalue weighted by molar-refractivity contribution is -0.142. The van der Waals surface area contributed by atoms with Gasteiger partial charge in [0.15, 0.2) is 0 Å². The second kappa shape index (κ2) is 4.50. The number of rotatable bonds is 3. The fourth-order valence-corrected chi connectivity index (χ4v) is 1.80. The molecule has 0 radical (unpaired) electrons. The molecule has 0 amide bonds. The van der Waals surface area contributed by atoms with Crippen LogP contribution in [-0.2, 0) is 16.0 Å². The lowest BCUT2D eigenvalue weighted by Gasteiger charge is -2.09. The predicted molar refractivity (Wildman–Crippen MR) is 62.3 cm³/mol. The monoisotopic (exact) mass is 234 g/mol. The van der Waals surface area contributed by atoms with Gasteiger partial charge in [-0.3, -0.25) is 4.79 Å². The number of hydrogen-bond donors (Lipinski definition) is 2. The Labute approximate surface area is 98.1 Å². The number of aromatic amines is 1. The molecule has 90 valence electrons. The standard InChI is InChI=1S/C11H14N4O2/c1-6-3-7(4-8(12)11(16)17-2)5-9-10(6)14-15-13-9/h3,5,8H,4,12H2,1-2H3,(H,13,14,15)/t8-/m1/s1. The van der Waals surface area contributed by atoms with Crippen molar-refractivity contribution in [2.75, 3.05) is 7.11 Å². The van der Waals surface area contributed by atoms with E-state index in [0.717, 1.165) is 22.2 Å². The summed E-state index contributed by atoms with van der Waals surface area (Å²) in [6, 6.07) is 3.17. The number of nitrogens with two attached hydrogens (primary N) is 1. The highest BCUT2D eigenvalue weighted by Gasteiger charge is 2.15. The number of aryl methyl sites for hydroxylation is 1. The van der Waals surface area contributed by atoms with E-state index in [0.29, 0.717) is 6.42 Å². The maximum absolute atomic E-state index is 11.2. The Kier molecular flexibility index (Phi) is 3.06. The average Bonchev–Trinajstić information content (AvgIpc) is 2.76. The molecule has 1 heterocycles. The summed E-state index contributed by atoms with van der Waals surface area (Å²) in [6.07, 6.45) is 0.427. The van der Waals surface area contributed by atoms with Gasteiger partial charge in [0.1, 0.15) is 17.1 Å². The normalized spacial score (nSPS) is 12.6. The number of benzene rings is 1. The zero-order chi connectivity index (χ0) is 12.4. The predicted octanol–water partition coefficient (Wildman–Crippen LogP) is 0.309. The molecule has 0 aliphatic rings. The molecule has 0 bridgehead atoms. The molecule has 1 aromatic heterocycles. The number of ether oxygens (including phenoxy) is 1. The van der Waals surface area contributed by atoms with Gasteiger partial charge in [0, 0.05) is 0 Å². The van der Waals surface area contributed by atoms with Gasteiger partial charge >= 0.3 is 5.97 Å². The SMILES string of the molecule is COC(=O)[C@H](N)Cc1cc(C)c2n[nH]nc2c1. The first-order valence-electron chi connectivity index (χ1n) is 5.25. The van der Waals surface area contributed by atoms with Crippen molar-refractivity contribution < 1.29 is 9.53 Å². The van der Waals surface area contributed by atoms with Gasteiger partial charge < -0.3 is 10.5 Å². The highest BCUT2D eigenvalue weighted by molar-refractivity contribution is 5.79. The van der Waals surface area contributed by atoms with Gasteiger partial charge in [-0.15, -0.1) is 0 Å². The van der Waals surface area contributed by atoms with Crippen LogP contribution in [0.1, 0.15) is 11.1 Å². The number of carbonyl (C=O) groups excluding carboxylic acids is 1. The maximum Gasteiger partial charge on any atom is 0.322 e. The summed E-state index contributed by atoms with van der Waals surface area (Å²) < 4.78 is 4.59. The molecule has 0 fully saturated rings. The van der Waals surface area contributed by atoms with E-state index >= 15 is 0 Å². The second-order valence-corrected chi connectivity index (χ2v) is 3.94. The molecule has 0 saturated carbocycles. The van der Waals surface area contributed by atoms with Crippen LogP contribution in [0, 0.1) is 6.92 Å². The molecule has 0 aliphatic carbocycles. The average molecular weight is 234 g/mol. The number of H-pyrrole nitrogens is 1. The number of nitrogens with zero attached hydrogens (tertiary/aromatic N) is 2. The molecule has 0 saturated heterocycles. The highest BCUT2D eigenvalue weighted by Crippen LogP contribution is 2.17. The third-order valence-corrected chi connectivity index (χ3v) is 2.63. The van der Waals surface area contributed by atoms with Crippen molar-refractivity contribution in [1.82, 2.24) is 15.4 Å². The van der Waals surface area contributed by atoms with Crippen molar-refractivity contribution >= 4 is 17.0 Å². The molecule has 17 heavy (non-hydrogen) atoms. The molecule has 2 rings (SSSR count). The van der Waals surface area contributed by atoms with Gasteiger partial charge in [-0.2, -0.15) is 15.4 Å². The summed E-state index contributed by atoms with van der Waals surface area (Å²) in [4.78, 5) is 11.2. The van der Waals surface area contributed by atoms with Gasteiger partial charge in [-0.25, -0.2) is 0 Å². The van der Waals surface area contributed by atoms with Gasteiger partial charge in [0.25, 0.3) is 0 Å². The van der Waals surface area contributed by atoms with Crippen molar-refractivity contribution in [3.05, 3.63) is 23.3 Å². The number of hydrogen-bond acceptors (Lipinski definition) is 5. The van der Waals surface area contributed by atoms with Gasteiger partial charge in [0.2, 0.25) is 0 Å². The Bertz CT molecular complexity index is 549. The van der Waals surface area contributed by atoms with Crippen LogP contribution in [0.3, 0.4) is 0 Å². The van der Waals surface area contributed by atoms with Crippen LogP contribution in [0.15, 0.2) is 12.1 Å². The first-order chi connectivity index (χ1) is 8.11. The second-order valence-electron chi connectivity index (χ2n) is 3.94. The van der Waals surface area contributed by atoms with E-state index in [-0.39, 0.29) is 0 Å². The number of esters is 1. The molecule has 2 aromatic rings. The molecular formula is C11H14N4O2. The largest absolute Gasteiger partial charge is 0.468 e. The van der Waals surface area contributed by atoms with E-state index in [4.69, 9.17) is 5.73 Å². The lowest BCUT2D eigenvalue weighted by Crippen LogP contribution is -2.33. The van der Waals surface area contributed by atoms with Crippen LogP contribution in [0.2, 0.25) is 0 Å². The Balaban J connectivity index is 2.27. The number of aromatic nitrogens is 3. The van der Waals surface area contributed by atoms with E-state index in [1.54, 1.807) is 0 Å². The van der Waals surface area contributed by atoms with E-state index in [2.05, 4.69) is 20.1 Å². The summed E-state index contributed by atoms with van der Waals surface area (Å²) >= 11 is 0. The van der Waals surface area contributed by atoms with Gasteiger partial charge in [-0.05, 0) is 30.5 Å². The molecule has 1 aromatic carbocycles. The van der Waals surface area contributed by atoms with Crippen molar-refractivity contribution in [1.29, 1.82) is 0 Å². The first kappa shape index (κ1) is 11.5. The molecule has 0 unspecified atom stereocenters. The fraction of sp³-hybridized carbons (Fsp3) is 0.364. The van der Waals surface area contributed by atoms with Crippen LogP contribution in [0.4, 0.5) is 0 Å². The Morgan fingerprint density at radius 1 is 1.53 bits per heavy atom. The van der Waals surface area contributed by atoms with Crippen LogP contribution in [-0.4, -0.2) is 34.5 Å². The van der Waals surface area contributed by atoms with Crippen LogP contribution >= 0.6 is 0 Å². The van der Waals surface area contributed by atoms with Crippen molar-refractivity contribution in [3.63, 3.8) is 0 Å². The summed E-state index contributed by atoms with van der Waals surface area (Å²) in [7, 11) is 1.33. The zero-order valence-corrected chi connectivity index (χ0v) is 9.73. The van der Waals surface area contributed by atoms with Crippen LogP contribution in [0.25, 0.3) is 11.0 Å². The zero-order valence-electron chi connectivity index (χ0n) is 9.73. The Morgan fingerprint density at radius 3 is 3.00 bits per heavy atom. The molecule has 6 nitrogen and oxygen atoms in total. The smallest absolute Gasteiger partial charge is 0.322 e.